The summed E-state index contributed by atoms with van der Waals surface area (Å²) >= 11 is 0. The van der Waals surface area contributed by atoms with E-state index >= 15 is 0 Å². The van der Waals surface area contributed by atoms with Crippen LogP contribution in [0.2, 0.25) is 0 Å². The SMILES string of the molecule is CC(=O)C(=O)C[C@](O)(C(C)=O)[C@@](O)(CO)C(C)=O. The normalized spacial score (nSPS) is 17.4. The molecule has 0 aromatic heterocycles. The molecule has 0 rings (SSSR count). The third-order valence-corrected chi connectivity index (χ3v) is 2.89. The summed E-state index contributed by atoms with van der Waals surface area (Å²) in [6.45, 7) is 1.37. The van der Waals surface area contributed by atoms with E-state index in [1.165, 1.54) is 0 Å². The minimum atomic E-state index is -2.82. The van der Waals surface area contributed by atoms with Crippen molar-refractivity contribution in [2.24, 2.45) is 0 Å². The number of aliphatic hydroxyl groups excluding tert-OH is 1. The zero-order chi connectivity index (χ0) is 14.7. The van der Waals surface area contributed by atoms with Crippen molar-refractivity contribution in [1.82, 2.24) is 0 Å². The van der Waals surface area contributed by atoms with Crippen LogP contribution >= 0.6 is 0 Å². The zero-order valence-electron chi connectivity index (χ0n) is 10.4. The molecule has 7 nitrogen and oxygen atoms in total. The van der Waals surface area contributed by atoms with E-state index in [9.17, 15) is 29.4 Å². The fourth-order valence-corrected chi connectivity index (χ4v) is 1.45. The highest BCUT2D eigenvalue weighted by Gasteiger charge is 2.57. The number of carbonyl (C=O) groups is 4. The van der Waals surface area contributed by atoms with E-state index in [4.69, 9.17) is 5.11 Å². The summed E-state index contributed by atoms with van der Waals surface area (Å²) in [5, 5.41) is 28.9. The maximum absolute atomic E-state index is 11.4. The maximum Gasteiger partial charge on any atom is 0.201 e. The van der Waals surface area contributed by atoms with Crippen LogP contribution in [0.3, 0.4) is 0 Å². The number of ketones is 4. The highest BCUT2D eigenvalue weighted by Crippen LogP contribution is 2.28. The Labute approximate surface area is 103 Å². The molecule has 0 aliphatic carbocycles. The van der Waals surface area contributed by atoms with Gasteiger partial charge in [0.15, 0.2) is 28.6 Å². The predicted molar refractivity (Wildman–Crippen MR) is 58.7 cm³/mol. The number of rotatable bonds is 7. The molecule has 0 radical (unpaired) electrons. The average Bonchev–Trinajstić information content (AvgIpc) is 2.26. The van der Waals surface area contributed by atoms with Gasteiger partial charge in [-0.3, -0.25) is 19.2 Å². The summed E-state index contributed by atoms with van der Waals surface area (Å²) < 4.78 is 0. The summed E-state index contributed by atoms with van der Waals surface area (Å²) in [5.74, 6) is -4.23. The summed E-state index contributed by atoms with van der Waals surface area (Å²) in [5.41, 5.74) is -5.64. The smallest absolute Gasteiger partial charge is 0.201 e. The molecule has 0 aliphatic rings. The van der Waals surface area contributed by atoms with Gasteiger partial charge < -0.3 is 15.3 Å². The van der Waals surface area contributed by atoms with E-state index < -0.39 is 47.4 Å². The molecule has 3 N–H and O–H groups in total. The predicted octanol–water partition coefficient (Wildman–Crippen LogP) is -1.83. The topological polar surface area (TPSA) is 129 Å². The molecule has 2 atom stereocenters. The van der Waals surface area contributed by atoms with Crippen LogP contribution in [0.15, 0.2) is 0 Å². The molecule has 0 aliphatic heterocycles. The van der Waals surface area contributed by atoms with Crippen molar-refractivity contribution in [3.63, 3.8) is 0 Å². The highest BCUT2D eigenvalue weighted by molar-refractivity contribution is 6.37. The Morgan fingerprint density at radius 2 is 1.28 bits per heavy atom. The van der Waals surface area contributed by atoms with Crippen molar-refractivity contribution in [1.29, 1.82) is 0 Å². The van der Waals surface area contributed by atoms with Gasteiger partial charge in [-0.2, -0.15) is 0 Å². The Kier molecular flexibility index (Phi) is 5.03. The van der Waals surface area contributed by atoms with Gasteiger partial charge in [0.1, 0.15) is 0 Å². The molecule has 0 aromatic carbocycles. The number of hydrogen-bond acceptors (Lipinski definition) is 7. The molecule has 0 bridgehead atoms. The van der Waals surface area contributed by atoms with E-state index in [-0.39, 0.29) is 0 Å². The third kappa shape index (κ3) is 2.69. The Hall–Kier alpha value is -1.44. The van der Waals surface area contributed by atoms with E-state index in [2.05, 4.69) is 0 Å². The number of hydrogen-bond donors (Lipinski definition) is 3. The molecule has 0 fully saturated rings. The van der Waals surface area contributed by atoms with Crippen LogP contribution in [0.1, 0.15) is 27.2 Å². The van der Waals surface area contributed by atoms with E-state index in [0.717, 1.165) is 20.8 Å². The van der Waals surface area contributed by atoms with Crippen molar-refractivity contribution in [2.45, 2.75) is 38.4 Å². The average molecular weight is 260 g/mol. The van der Waals surface area contributed by atoms with Gasteiger partial charge in [0.2, 0.25) is 5.78 Å². The van der Waals surface area contributed by atoms with Gasteiger partial charge in [-0.1, -0.05) is 0 Å². The lowest BCUT2D eigenvalue weighted by atomic mass is 9.74. The minimum Gasteiger partial charge on any atom is -0.393 e. The van der Waals surface area contributed by atoms with Gasteiger partial charge >= 0.3 is 0 Å². The Morgan fingerprint density at radius 1 is 0.889 bits per heavy atom. The molecular formula is C11H16O7. The highest BCUT2D eigenvalue weighted by atomic mass is 16.4. The minimum absolute atomic E-state index is 0.844. The molecule has 0 unspecified atom stereocenters. The number of carbonyl (C=O) groups excluding carboxylic acids is 4. The van der Waals surface area contributed by atoms with E-state index in [0.29, 0.717) is 0 Å². The Balaban J connectivity index is 5.66. The molecule has 102 valence electrons. The molecular weight excluding hydrogens is 244 g/mol. The van der Waals surface area contributed by atoms with Crippen LogP contribution in [0.25, 0.3) is 0 Å². The maximum atomic E-state index is 11.4. The summed E-state index contributed by atoms with van der Waals surface area (Å²) in [7, 11) is 0. The van der Waals surface area contributed by atoms with Gasteiger partial charge in [-0.25, -0.2) is 0 Å². The lowest BCUT2D eigenvalue weighted by Gasteiger charge is -2.38. The molecule has 0 aromatic rings. The second kappa shape index (κ2) is 5.47. The molecule has 7 heteroatoms. The van der Waals surface area contributed by atoms with Gasteiger partial charge in [0.25, 0.3) is 0 Å². The second-order valence-electron chi connectivity index (χ2n) is 4.15. The molecule has 0 saturated carbocycles. The van der Waals surface area contributed by atoms with Crippen LogP contribution in [0.5, 0.6) is 0 Å². The monoisotopic (exact) mass is 260 g/mol. The van der Waals surface area contributed by atoms with E-state index in [1.807, 2.05) is 0 Å². The summed E-state index contributed by atoms with van der Waals surface area (Å²) in [6, 6.07) is 0. The quantitative estimate of drug-likeness (QED) is 0.459. The fraction of sp³-hybridized carbons (Fsp3) is 0.636. The largest absolute Gasteiger partial charge is 0.393 e. The summed E-state index contributed by atoms with van der Waals surface area (Å²) in [4.78, 5) is 44.8. The zero-order valence-corrected chi connectivity index (χ0v) is 10.4. The lowest BCUT2D eigenvalue weighted by molar-refractivity contribution is -0.190. The van der Waals surface area contributed by atoms with Crippen molar-refractivity contribution in [3.8, 4) is 0 Å². The summed E-state index contributed by atoms with van der Waals surface area (Å²) in [6.07, 6.45) is -1.06. The lowest BCUT2D eigenvalue weighted by Crippen LogP contribution is -2.65. The van der Waals surface area contributed by atoms with Crippen LogP contribution in [-0.4, -0.2) is 56.3 Å². The Morgan fingerprint density at radius 3 is 1.50 bits per heavy atom. The Bertz CT molecular complexity index is 400. The number of aliphatic hydroxyl groups is 3. The van der Waals surface area contributed by atoms with Crippen LogP contribution < -0.4 is 0 Å². The van der Waals surface area contributed by atoms with Crippen LogP contribution in [0.4, 0.5) is 0 Å². The standard InChI is InChI=1S/C11H16O7/c1-6(13)9(16)4-10(17,7(2)14)11(18,5-12)8(3)15/h12,17-18H,4-5H2,1-3H3/t10-,11+/m0/s1. The first-order valence-electron chi connectivity index (χ1n) is 5.14. The fourth-order valence-electron chi connectivity index (χ4n) is 1.45. The van der Waals surface area contributed by atoms with Crippen molar-refractivity contribution in [2.75, 3.05) is 6.61 Å². The third-order valence-electron chi connectivity index (χ3n) is 2.89. The van der Waals surface area contributed by atoms with Gasteiger partial charge in [-0.15, -0.1) is 0 Å². The van der Waals surface area contributed by atoms with Gasteiger partial charge in [-0.05, 0) is 13.8 Å². The van der Waals surface area contributed by atoms with Crippen LogP contribution in [-0.2, 0) is 19.2 Å². The van der Waals surface area contributed by atoms with Crippen molar-refractivity contribution >= 4 is 23.1 Å². The molecule has 18 heavy (non-hydrogen) atoms. The van der Waals surface area contributed by atoms with Crippen LogP contribution in [0, 0.1) is 0 Å². The molecule has 0 spiro atoms. The van der Waals surface area contributed by atoms with Gasteiger partial charge in [0, 0.05) is 6.92 Å². The first-order valence-corrected chi connectivity index (χ1v) is 5.14. The molecule has 0 heterocycles. The van der Waals surface area contributed by atoms with Crippen molar-refractivity contribution < 1.29 is 34.5 Å². The second-order valence-corrected chi connectivity index (χ2v) is 4.15. The molecule has 0 amide bonds. The van der Waals surface area contributed by atoms with Gasteiger partial charge in [0.05, 0.1) is 13.0 Å². The van der Waals surface area contributed by atoms with Crippen molar-refractivity contribution in [3.05, 3.63) is 0 Å². The molecule has 0 saturated heterocycles. The first-order chi connectivity index (χ1) is 8.02. The van der Waals surface area contributed by atoms with E-state index in [1.54, 1.807) is 0 Å². The number of Topliss-reactive ketones (excluding diaryl/α,β-unsaturated/α-hetero) is 4. The first kappa shape index (κ1) is 16.6.